The van der Waals surface area contributed by atoms with E-state index in [4.69, 9.17) is 0 Å². The monoisotopic (exact) mass is 346 g/mol. The van der Waals surface area contributed by atoms with Crippen molar-refractivity contribution >= 4 is 31.9 Å². The van der Waals surface area contributed by atoms with E-state index in [-0.39, 0.29) is 19.5 Å². The number of alkyl halides is 2. The predicted octanol–water partition coefficient (Wildman–Crippen LogP) is 2.22. The SMILES string of the molecule is O=c1c2c(c1=O)C[C@@]1(Br)CCCC[C@]1(Br)C2. The van der Waals surface area contributed by atoms with Crippen LogP contribution in [0.4, 0.5) is 0 Å². The Balaban J connectivity index is 2.10. The van der Waals surface area contributed by atoms with E-state index in [1.807, 2.05) is 0 Å². The summed E-state index contributed by atoms with van der Waals surface area (Å²) in [6, 6.07) is 0. The van der Waals surface area contributed by atoms with Crippen LogP contribution in [0.1, 0.15) is 36.8 Å². The number of halogens is 2. The first-order valence-electron chi connectivity index (χ1n) is 5.66. The molecule has 2 aliphatic rings. The van der Waals surface area contributed by atoms with E-state index in [1.54, 1.807) is 0 Å². The van der Waals surface area contributed by atoms with Crippen molar-refractivity contribution in [2.45, 2.75) is 47.2 Å². The highest BCUT2D eigenvalue weighted by Gasteiger charge is 2.54. The lowest BCUT2D eigenvalue weighted by atomic mass is 9.67. The molecule has 1 aromatic rings. The lowest BCUT2D eigenvalue weighted by Crippen LogP contribution is -2.59. The van der Waals surface area contributed by atoms with Gasteiger partial charge in [0.25, 0.3) is 0 Å². The van der Waals surface area contributed by atoms with Crippen LogP contribution >= 0.6 is 31.9 Å². The van der Waals surface area contributed by atoms with Crippen molar-refractivity contribution in [3.8, 4) is 0 Å². The predicted molar refractivity (Wildman–Crippen MR) is 70.5 cm³/mol. The van der Waals surface area contributed by atoms with Crippen LogP contribution in [0.15, 0.2) is 9.59 Å². The maximum atomic E-state index is 11.5. The summed E-state index contributed by atoms with van der Waals surface area (Å²) in [7, 11) is 0. The Hall–Kier alpha value is 0.0400. The molecule has 0 N–H and O–H groups in total. The summed E-state index contributed by atoms with van der Waals surface area (Å²) in [5.74, 6) is 0. The van der Waals surface area contributed by atoms with Crippen LogP contribution in [0.25, 0.3) is 0 Å². The third-order valence-corrected chi connectivity index (χ3v) is 7.64. The highest BCUT2D eigenvalue weighted by atomic mass is 79.9. The second kappa shape index (κ2) is 3.29. The molecule has 0 aromatic heterocycles. The Morgan fingerprint density at radius 1 is 0.812 bits per heavy atom. The first-order valence-corrected chi connectivity index (χ1v) is 7.24. The van der Waals surface area contributed by atoms with Crippen LogP contribution in [-0.4, -0.2) is 8.65 Å². The molecule has 86 valence electrons. The zero-order valence-electron chi connectivity index (χ0n) is 8.82. The van der Waals surface area contributed by atoms with Gasteiger partial charge in [0.05, 0.1) is 0 Å². The van der Waals surface area contributed by atoms with Gasteiger partial charge in [-0.1, -0.05) is 44.7 Å². The Morgan fingerprint density at radius 3 is 1.56 bits per heavy atom. The molecule has 1 aromatic carbocycles. The third kappa shape index (κ3) is 1.23. The van der Waals surface area contributed by atoms with E-state index in [9.17, 15) is 9.59 Å². The minimum atomic E-state index is -0.242. The van der Waals surface area contributed by atoms with Gasteiger partial charge >= 0.3 is 0 Å². The Bertz CT molecular complexity index is 481. The van der Waals surface area contributed by atoms with Gasteiger partial charge in [-0.25, -0.2) is 0 Å². The molecule has 0 radical (unpaired) electrons. The molecule has 0 amide bonds. The maximum Gasteiger partial charge on any atom is 0.229 e. The standard InChI is InChI=1S/C12H12Br2O2/c13-11-3-1-2-4-12(11,14)6-8-7(5-11)9(15)10(8)16/h1-6H2/t11-,12-/m0/s1. The molecule has 16 heavy (non-hydrogen) atoms. The smallest absolute Gasteiger partial charge is 0.229 e. The molecule has 2 atom stereocenters. The number of hydrogen-bond acceptors (Lipinski definition) is 2. The van der Waals surface area contributed by atoms with E-state index in [2.05, 4.69) is 31.9 Å². The molecule has 0 saturated heterocycles. The normalized spacial score (nSPS) is 38.1. The molecule has 0 aliphatic heterocycles. The largest absolute Gasteiger partial charge is 0.285 e. The molecule has 0 bridgehead atoms. The highest BCUT2D eigenvalue weighted by molar-refractivity contribution is 9.13. The molecule has 0 spiro atoms. The summed E-state index contributed by atoms with van der Waals surface area (Å²) in [4.78, 5) is 22.9. The number of hydrogen-bond donors (Lipinski definition) is 0. The van der Waals surface area contributed by atoms with Crippen molar-refractivity contribution in [2.24, 2.45) is 0 Å². The molecule has 0 heterocycles. The van der Waals surface area contributed by atoms with Gasteiger partial charge in [0, 0.05) is 19.8 Å². The first kappa shape index (κ1) is 11.1. The van der Waals surface area contributed by atoms with E-state index < -0.39 is 0 Å². The molecular weight excluding hydrogens is 336 g/mol. The summed E-state index contributed by atoms with van der Waals surface area (Å²) in [6.07, 6.45) is 6.00. The highest BCUT2D eigenvalue weighted by Crippen LogP contribution is 2.54. The lowest BCUT2D eigenvalue weighted by Gasteiger charge is -2.50. The summed E-state index contributed by atoms with van der Waals surface area (Å²) in [5, 5.41) is 0. The molecule has 3 rings (SSSR count). The summed E-state index contributed by atoms with van der Waals surface area (Å²) in [6.45, 7) is 0. The van der Waals surface area contributed by atoms with Gasteiger partial charge in [0.1, 0.15) is 0 Å². The van der Waals surface area contributed by atoms with E-state index in [0.29, 0.717) is 0 Å². The molecule has 1 saturated carbocycles. The molecular formula is C12H12Br2O2. The van der Waals surface area contributed by atoms with Gasteiger partial charge in [-0.05, 0) is 25.7 Å². The van der Waals surface area contributed by atoms with Crippen molar-refractivity contribution in [3.05, 3.63) is 31.6 Å². The van der Waals surface area contributed by atoms with E-state index >= 15 is 0 Å². The van der Waals surface area contributed by atoms with Gasteiger partial charge in [-0.2, -0.15) is 0 Å². The average Bonchev–Trinajstić information content (AvgIpc) is 2.27. The van der Waals surface area contributed by atoms with E-state index in [1.165, 1.54) is 12.8 Å². The van der Waals surface area contributed by atoms with Gasteiger partial charge < -0.3 is 0 Å². The Kier molecular flexibility index (Phi) is 2.29. The van der Waals surface area contributed by atoms with Crippen molar-refractivity contribution in [1.29, 1.82) is 0 Å². The molecule has 1 fully saturated rings. The van der Waals surface area contributed by atoms with Crippen molar-refractivity contribution in [2.75, 3.05) is 0 Å². The second-order valence-corrected chi connectivity index (χ2v) is 8.14. The van der Waals surface area contributed by atoms with Crippen molar-refractivity contribution in [3.63, 3.8) is 0 Å². The zero-order chi connectivity index (χ0) is 11.6. The second-order valence-electron chi connectivity index (χ2n) is 5.11. The minimum absolute atomic E-state index is 0.0204. The number of rotatable bonds is 0. The fourth-order valence-corrected chi connectivity index (χ4v) is 4.97. The molecule has 4 heteroatoms. The lowest BCUT2D eigenvalue weighted by molar-refractivity contribution is 0.300. The Morgan fingerprint density at radius 2 is 1.19 bits per heavy atom. The van der Waals surface area contributed by atoms with Crippen LogP contribution in [0.3, 0.4) is 0 Å². The van der Waals surface area contributed by atoms with E-state index in [0.717, 1.165) is 36.8 Å². The quantitative estimate of drug-likeness (QED) is 0.532. The average molecular weight is 348 g/mol. The summed E-state index contributed by atoms with van der Waals surface area (Å²) in [5.41, 5.74) is 1.10. The fraction of sp³-hybridized carbons (Fsp3) is 0.667. The van der Waals surface area contributed by atoms with Gasteiger partial charge in [0.15, 0.2) is 0 Å². The first-order chi connectivity index (χ1) is 7.47. The van der Waals surface area contributed by atoms with Gasteiger partial charge in [-0.15, -0.1) is 0 Å². The third-order valence-electron chi connectivity index (χ3n) is 4.23. The van der Waals surface area contributed by atoms with Crippen molar-refractivity contribution in [1.82, 2.24) is 0 Å². The maximum absolute atomic E-state index is 11.5. The topological polar surface area (TPSA) is 34.1 Å². The van der Waals surface area contributed by atoms with Gasteiger partial charge in [0.2, 0.25) is 10.9 Å². The van der Waals surface area contributed by atoms with Crippen molar-refractivity contribution < 1.29 is 0 Å². The van der Waals surface area contributed by atoms with Crippen LogP contribution < -0.4 is 10.9 Å². The zero-order valence-corrected chi connectivity index (χ0v) is 12.0. The van der Waals surface area contributed by atoms with Crippen LogP contribution in [0, 0.1) is 0 Å². The summed E-state index contributed by atoms with van der Waals surface area (Å²) >= 11 is 7.67. The van der Waals surface area contributed by atoms with Crippen LogP contribution in [0.2, 0.25) is 0 Å². The fourth-order valence-electron chi connectivity index (χ4n) is 3.17. The van der Waals surface area contributed by atoms with Crippen LogP contribution in [-0.2, 0) is 12.8 Å². The molecule has 0 unspecified atom stereocenters. The minimum Gasteiger partial charge on any atom is -0.285 e. The summed E-state index contributed by atoms with van der Waals surface area (Å²) < 4.78 is -0.0408. The Labute approximate surface area is 110 Å². The molecule has 2 nitrogen and oxygen atoms in total. The number of fused-ring (bicyclic) bond motifs is 2. The molecule has 2 aliphatic carbocycles. The van der Waals surface area contributed by atoms with Gasteiger partial charge in [-0.3, -0.25) is 9.59 Å². The van der Waals surface area contributed by atoms with Crippen LogP contribution in [0.5, 0.6) is 0 Å².